The average Bonchev–Trinajstić information content (AvgIpc) is 3.87. The van der Waals surface area contributed by atoms with E-state index in [1.807, 2.05) is 72.8 Å². The number of thiophene rings is 1. The predicted octanol–water partition coefficient (Wildman–Crippen LogP) is 13.7. The maximum absolute atomic E-state index is 9.35. The van der Waals surface area contributed by atoms with Gasteiger partial charge in [-0.3, -0.25) is 4.57 Å². The van der Waals surface area contributed by atoms with E-state index in [9.17, 15) is 2.74 Å². The van der Waals surface area contributed by atoms with Gasteiger partial charge in [0.15, 0.2) is 11.6 Å². The van der Waals surface area contributed by atoms with Gasteiger partial charge in [0.05, 0.1) is 16.5 Å². The summed E-state index contributed by atoms with van der Waals surface area (Å²) in [6.45, 7) is 0. The Balaban J connectivity index is 1.16. The number of hydrogen-bond acceptors (Lipinski definition) is 4. The minimum absolute atomic E-state index is 0.121. The molecule has 0 bridgehead atoms. The van der Waals surface area contributed by atoms with Gasteiger partial charge in [-0.1, -0.05) is 170 Å². The van der Waals surface area contributed by atoms with Crippen molar-refractivity contribution in [3.05, 3.63) is 194 Å². The number of aromatic nitrogens is 4. The van der Waals surface area contributed by atoms with E-state index >= 15 is 0 Å². The van der Waals surface area contributed by atoms with Crippen molar-refractivity contribution in [2.75, 3.05) is 0 Å². The highest BCUT2D eigenvalue weighted by molar-refractivity contribution is 7.25. The summed E-state index contributed by atoms with van der Waals surface area (Å²) in [5.74, 6) is 1.14. The van der Waals surface area contributed by atoms with Crippen molar-refractivity contribution in [1.82, 2.24) is 19.5 Å². The highest BCUT2D eigenvalue weighted by Gasteiger charge is 2.20. The third-order valence-electron chi connectivity index (χ3n) is 10.4. The van der Waals surface area contributed by atoms with Crippen molar-refractivity contribution < 1.29 is 5.48 Å². The van der Waals surface area contributed by atoms with Gasteiger partial charge in [-0.25, -0.2) is 4.98 Å². The molecule has 3 aromatic heterocycles. The van der Waals surface area contributed by atoms with Gasteiger partial charge in [0.2, 0.25) is 5.95 Å². The quantitative estimate of drug-likeness (QED) is 0.171. The van der Waals surface area contributed by atoms with Gasteiger partial charge >= 0.3 is 0 Å². The normalized spacial score (nSPS) is 12.6. The molecule has 0 aliphatic rings. The maximum Gasteiger partial charge on any atom is 0.238 e. The van der Waals surface area contributed by atoms with Crippen molar-refractivity contribution in [2.45, 2.75) is 0 Å². The molecule has 0 N–H and O–H groups in total. The van der Waals surface area contributed by atoms with Gasteiger partial charge in [-0.2, -0.15) is 9.97 Å². The van der Waals surface area contributed by atoms with Crippen LogP contribution in [-0.4, -0.2) is 19.5 Å². The van der Waals surface area contributed by atoms with Crippen LogP contribution in [0.1, 0.15) is 5.48 Å². The van der Waals surface area contributed by atoms with Crippen LogP contribution in [0.25, 0.3) is 104 Å². The largest absolute Gasteiger partial charge is 0.278 e. The lowest BCUT2D eigenvalue weighted by Crippen LogP contribution is -2.06. The smallest absolute Gasteiger partial charge is 0.238 e. The molecule has 0 amide bonds. The number of hydrogen-bond donors (Lipinski definition) is 0. The Labute approximate surface area is 333 Å². The Morgan fingerprint density at radius 2 is 0.982 bits per heavy atom. The minimum atomic E-state index is -0.327. The fourth-order valence-corrected chi connectivity index (χ4v) is 8.86. The van der Waals surface area contributed by atoms with E-state index in [0.717, 1.165) is 54.6 Å². The first kappa shape index (κ1) is 28.3. The maximum atomic E-state index is 9.35. The number of fused-ring (bicyclic) bond motifs is 6. The van der Waals surface area contributed by atoms with Crippen LogP contribution in [0.5, 0.6) is 0 Å². The van der Waals surface area contributed by atoms with E-state index in [1.54, 1.807) is 15.9 Å². The third kappa shape index (κ3) is 5.48. The number of rotatable bonds is 6. The molecule has 0 atom stereocenters. The van der Waals surface area contributed by atoms with Crippen LogP contribution in [-0.2, 0) is 0 Å². The Kier molecular flexibility index (Phi) is 6.70. The van der Waals surface area contributed by atoms with Crippen LogP contribution >= 0.6 is 11.3 Å². The summed E-state index contributed by atoms with van der Waals surface area (Å²) in [6.07, 6.45) is 0. The highest BCUT2D eigenvalue weighted by Crippen LogP contribution is 2.40. The second-order valence-electron chi connectivity index (χ2n) is 13.7. The molecule has 56 heavy (non-hydrogen) atoms. The van der Waals surface area contributed by atoms with Crippen LogP contribution in [0.2, 0.25) is 0 Å². The molecule has 3 heterocycles. The van der Waals surface area contributed by atoms with E-state index in [1.165, 1.54) is 10.1 Å². The summed E-state index contributed by atoms with van der Waals surface area (Å²) < 4.78 is 40.4. The van der Waals surface area contributed by atoms with Crippen LogP contribution in [0, 0.1) is 0 Å². The van der Waals surface area contributed by atoms with Gasteiger partial charge in [0, 0.05) is 42.1 Å². The minimum Gasteiger partial charge on any atom is -0.278 e. The van der Waals surface area contributed by atoms with Gasteiger partial charge in [0.1, 0.15) is 0 Å². The predicted molar refractivity (Wildman–Crippen MR) is 234 cm³/mol. The molecule has 4 nitrogen and oxygen atoms in total. The second kappa shape index (κ2) is 13.3. The first-order valence-electron chi connectivity index (χ1n) is 20.4. The summed E-state index contributed by atoms with van der Waals surface area (Å²) in [4.78, 5) is 15.4. The molecule has 262 valence electrons. The topological polar surface area (TPSA) is 43.6 Å². The van der Waals surface area contributed by atoms with E-state index < -0.39 is 0 Å². The van der Waals surface area contributed by atoms with Gasteiger partial charge in [-0.15, -0.1) is 11.3 Å². The Hall–Kier alpha value is -7.21. The first-order valence-corrected chi connectivity index (χ1v) is 19.3. The van der Waals surface area contributed by atoms with E-state index in [-0.39, 0.29) is 30.1 Å². The fourth-order valence-electron chi connectivity index (χ4n) is 7.72. The summed E-state index contributed by atoms with van der Waals surface area (Å²) in [5, 5.41) is 3.45. The summed E-state index contributed by atoms with van der Waals surface area (Å²) in [5.41, 5.74) is 8.64. The zero-order valence-corrected chi connectivity index (χ0v) is 30.7. The standard InChI is InChI=1S/C51H32N4S/c1-3-12-33(13-4-1)35-22-26-37(27-23-35)40-18-11-20-45-48(40)43-17-7-9-19-44(43)55(45)51-53-49(38-28-24-36(25-29-38)34-14-5-2-6-15-34)52-50(54-51)39-30-31-42-41-16-8-10-21-46(41)56-47(42)32-39/h1-32H/i7D,9D,17D,19D. The van der Waals surface area contributed by atoms with Gasteiger partial charge < -0.3 is 0 Å². The molecule has 0 saturated heterocycles. The number of benzene rings is 8. The molecule has 8 aromatic carbocycles. The Morgan fingerprint density at radius 3 is 1.71 bits per heavy atom. The zero-order chi connectivity index (χ0) is 40.5. The van der Waals surface area contributed by atoms with E-state index in [0.29, 0.717) is 33.5 Å². The van der Waals surface area contributed by atoms with Crippen LogP contribution in [0.15, 0.2) is 194 Å². The monoisotopic (exact) mass is 736 g/mol. The Bertz CT molecular complexity index is 3460. The van der Waals surface area contributed by atoms with Crippen LogP contribution < -0.4 is 0 Å². The number of para-hydroxylation sites is 1. The number of nitrogens with zero attached hydrogens (tertiary/aromatic N) is 4. The molecule has 0 unspecified atom stereocenters. The van der Waals surface area contributed by atoms with Crippen molar-refractivity contribution in [3.63, 3.8) is 0 Å². The molecule has 0 aliphatic carbocycles. The molecule has 0 saturated carbocycles. The lowest BCUT2D eigenvalue weighted by molar-refractivity contribution is 0.954. The molecular weight excluding hydrogens is 701 g/mol. The second-order valence-corrected chi connectivity index (χ2v) is 14.8. The molecule has 11 rings (SSSR count). The molecule has 0 radical (unpaired) electrons. The molecule has 0 aliphatic heterocycles. The summed E-state index contributed by atoms with van der Waals surface area (Å²) in [6, 6.07) is 56.5. The lowest BCUT2D eigenvalue weighted by Gasteiger charge is -2.12. The van der Waals surface area contributed by atoms with Gasteiger partial charge in [-0.05, 0) is 57.6 Å². The zero-order valence-electron chi connectivity index (χ0n) is 33.9. The van der Waals surface area contributed by atoms with Gasteiger partial charge in [0.25, 0.3) is 0 Å². The van der Waals surface area contributed by atoms with E-state index in [4.69, 9.17) is 17.7 Å². The fraction of sp³-hybridized carbons (Fsp3) is 0. The molecule has 5 heteroatoms. The van der Waals surface area contributed by atoms with Crippen LogP contribution in [0.3, 0.4) is 0 Å². The highest BCUT2D eigenvalue weighted by atomic mass is 32.1. The summed E-state index contributed by atoms with van der Waals surface area (Å²) in [7, 11) is 0. The molecule has 11 aromatic rings. The summed E-state index contributed by atoms with van der Waals surface area (Å²) >= 11 is 1.72. The molecule has 0 spiro atoms. The third-order valence-corrected chi connectivity index (χ3v) is 11.6. The molecular formula is C51H32N4S. The van der Waals surface area contributed by atoms with E-state index in [2.05, 4.69) is 97.1 Å². The van der Waals surface area contributed by atoms with Crippen molar-refractivity contribution in [1.29, 1.82) is 0 Å². The van der Waals surface area contributed by atoms with Crippen molar-refractivity contribution in [3.8, 4) is 62.1 Å². The van der Waals surface area contributed by atoms with Crippen molar-refractivity contribution in [2.24, 2.45) is 0 Å². The van der Waals surface area contributed by atoms with Crippen molar-refractivity contribution >= 4 is 53.3 Å². The van der Waals surface area contributed by atoms with Crippen LogP contribution in [0.4, 0.5) is 0 Å². The Morgan fingerprint density at radius 1 is 0.411 bits per heavy atom. The first-order chi connectivity index (χ1) is 29.4. The average molecular weight is 737 g/mol. The lowest BCUT2D eigenvalue weighted by atomic mass is 9.97. The molecule has 0 fully saturated rings. The SMILES string of the molecule is [2H]c1c([2H])c([2H])c2c(c1[2H])c1c(-c3ccc(-c4ccccc4)cc3)cccc1n2-c1nc(-c2ccc(-c3ccccc3)cc2)nc(-c2ccc3c(c2)sc2ccccc23)n1.